The third-order valence-electron chi connectivity index (χ3n) is 3.71. The van der Waals surface area contributed by atoms with Crippen molar-refractivity contribution in [2.24, 2.45) is 0 Å². The second-order valence-electron chi connectivity index (χ2n) is 5.31. The van der Waals surface area contributed by atoms with Crippen molar-refractivity contribution in [3.05, 3.63) is 34.4 Å². The number of nitrogens with zero attached hydrogens (tertiary/aromatic N) is 2. The van der Waals surface area contributed by atoms with Crippen molar-refractivity contribution < 1.29 is 9.72 Å². The zero-order chi connectivity index (χ0) is 15.1. The fourth-order valence-corrected chi connectivity index (χ4v) is 2.52. The highest BCUT2D eigenvalue weighted by atomic mass is 16.6. The summed E-state index contributed by atoms with van der Waals surface area (Å²) in [7, 11) is 0. The van der Waals surface area contributed by atoms with Gasteiger partial charge >= 0.3 is 0 Å². The molecule has 2 rings (SSSR count). The zero-order valence-electron chi connectivity index (χ0n) is 12.1. The second-order valence-corrected chi connectivity index (χ2v) is 5.31. The van der Waals surface area contributed by atoms with Gasteiger partial charge in [0, 0.05) is 30.9 Å². The maximum atomic E-state index is 12.2. The molecule has 0 unspecified atom stereocenters. The predicted octanol–water partition coefficient (Wildman–Crippen LogP) is 2.80. The average Bonchev–Trinajstić information content (AvgIpc) is 2.44. The number of anilines is 1. The molecule has 6 heteroatoms. The molecular formula is C15H21N3O3. The molecule has 0 spiro atoms. The van der Waals surface area contributed by atoms with E-state index in [0.29, 0.717) is 5.69 Å². The fraction of sp³-hybridized carbons (Fsp3) is 0.533. The van der Waals surface area contributed by atoms with Crippen molar-refractivity contribution in [1.82, 2.24) is 4.90 Å². The maximum absolute atomic E-state index is 12.2. The van der Waals surface area contributed by atoms with Gasteiger partial charge < -0.3 is 10.2 Å². The van der Waals surface area contributed by atoms with E-state index in [0.717, 1.165) is 25.9 Å². The van der Waals surface area contributed by atoms with Gasteiger partial charge in [-0.2, -0.15) is 0 Å². The first-order valence-corrected chi connectivity index (χ1v) is 7.43. The number of likely N-dealkylation sites (tertiary alicyclic amines) is 1. The quantitative estimate of drug-likeness (QED) is 0.683. The summed E-state index contributed by atoms with van der Waals surface area (Å²) >= 11 is 0. The van der Waals surface area contributed by atoms with Crippen molar-refractivity contribution in [3.8, 4) is 0 Å². The number of nitro groups is 1. The largest absolute Gasteiger partial charge is 0.376 e. The van der Waals surface area contributed by atoms with Gasteiger partial charge in [-0.05, 0) is 18.9 Å². The number of benzene rings is 1. The number of carbonyl (C=O) groups is 1. The van der Waals surface area contributed by atoms with E-state index in [4.69, 9.17) is 0 Å². The van der Waals surface area contributed by atoms with Crippen molar-refractivity contribution in [1.29, 1.82) is 0 Å². The van der Waals surface area contributed by atoms with Gasteiger partial charge in [-0.1, -0.05) is 25.3 Å². The van der Waals surface area contributed by atoms with Crippen LogP contribution < -0.4 is 5.32 Å². The fourth-order valence-electron chi connectivity index (χ4n) is 2.52. The number of rotatable bonds is 4. The molecule has 1 aliphatic heterocycles. The van der Waals surface area contributed by atoms with Gasteiger partial charge in [-0.15, -0.1) is 0 Å². The number of non-ortho nitro benzene ring substituents is 1. The van der Waals surface area contributed by atoms with E-state index in [1.807, 2.05) is 4.90 Å². The Morgan fingerprint density at radius 2 is 1.86 bits per heavy atom. The van der Waals surface area contributed by atoms with Crippen molar-refractivity contribution in [2.75, 3.05) is 25.0 Å². The van der Waals surface area contributed by atoms with Crippen LogP contribution in [0.25, 0.3) is 0 Å². The lowest BCUT2D eigenvalue weighted by molar-refractivity contribution is -0.384. The summed E-state index contributed by atoms with van der Waals surface area (Å²) in [6.07, 6.45) is 5.74. The van der Waals surface area contributed by atoms with Crippen molar-refractivity contribution in [2.45, 2.75) is 32.1 Å². The van der Waals surface area contributed by atoms with Crippen LogP contribution in [0.5, 0.6) is 0 Å². The lowest BCUT2D eigenvalue weighted by Crippen LogP contribution is -2.37. The van der Waals surface area contributed by atoms with Crippen LogP contribution in [-0.4, -0.2) is 35.4 Å². The molecule has 114 valence electrons. The third-order valence-corrected chi connectivity index (χ3v) is 3.71. The molecule has 0 aromatic heterocycles. The van der Waals surface area contributed by atoms with E-state index in [2.05, 4.69) is 5.32 Å². The number of hydrogen-bond acceptors (Lipinski definition) is 4. The third kappa shape index (κ3) is 4.73. The monoisotopic (exact) mass is 291 g/mol. The number of amides is 1. The minimum absolute atomic E-state index is 0.0266. The van der Waals surface area contributed by atoms with E-state index in [9.17, 15) is 14.9 Å². The summed E-state index contributed by atoms with van der Waals surface area (Å²) in [6.45, 7) is 1.81. The number of nitrogens with one attached hydrogen (secondary N) is 1. The molecule has 1 N–H and O–H groups in total. The normalized spacial score (nSPS) is 15.9. The van der Waals surface area contributed by atoms with E-state index >= 15 is 0 Å². The highest BCUT2D eigenvalue weighted by molar-refractivity contribution is 5.81. The lowest BCUT2D eigenvalue weighted by Gasteiger charge is -2.25. The van der Waals surface area contributed by atoms with Gasteiger partial charge in [0.1, 0.15) is 0 Å². The first-order valence-electron chi connectivity index (χ1n) is 7.43. The Morgan fingerprint density at radius 3 is 2.52 bits per heavy atom. The van der Waals surface area contributed by atoms with Gasteiger partial charge in [-0.3, -0.25) is 14.9 Å². The smallest absolute Gasteiger partial charge is 0.271 e. The standard InChI is InChI=1S/C15H21N3O3/c19-15(17-9-4-2-1-3-5-10-17)12-16-13-7-6-8-14(11-13)18(20)21/h6-8,11,16H,1-5,9-10,12H2. The Morgan fingerprint density at radius 1 is 1.19 bits per heavy atom. The molecule has 1 amide bonds. The minimum atomic E-state index is -0.439. The maximum Gasteiger partial charge on any atom is 0.271 e. The van der Waals surface area contributed by atoms with Crippen molar-refractivity contribution >= 4 is 17.3 Å². The lowest BCUT2D eigenvalue weighted by atomic mass is 10.1. The van der Waals surface area contributed by atoms with Crippen LogP contribution >= 0.6 is 0 Å². The van der Waals surface area contributed by atoms with Gasteiger partial charge in [0.2, 0.25) is 5.91 Å². The summed E-state index contributed by atoms with van der Waals surface area (Å²) in [5, 5.41) is 13.7. The summed E-state index contributed by atoms with van der Waals surface area (Å²) in [5.41, 5.74) is 0.628. The second kappa shape index (κ2) is 7.61. The van der Waals surface area contributed by atoms with Crippen LogP contribution in [0.1, 0.15) is 32.1 Å². The predicted molar refractivity (Wildman–Crippen MR) is 81.3 cm³/mol. The first-order chi connectivity index (χ1) is 10.2. The Balaban J connectivity index is 1.87. The molecule has 6 nitrogen and oxygen atoms in total. The molecule has 0 bridgehead atoms. The molecule has 0 radical (unpaired) electrons. The molecule has 1 aliphatic rings. The van der Waals surface area contributed by atoms with Gasteiger partial charge in [0.05, 0.1) is 11.5 Å². The van der Waals surface area contributed by atoms with Crippen LogP contribution in [0.15, 0.2) is 24.3 Å². The van der Waals surface area contributed by atoms with Crippen LogP contribution in [-0.2, 0) is 4.79 Å². The Hall–Kier alpha value is -2.11. The summed E-state index contributed by atoms with van der Waals surface area (Å²) in [4.78, 5) is 24.3. The molecule has 1 aromatic carbocycles. The van der Waals surface area contributed by atoms with E-state index < -0.39 is 4.92 Å². The summed E-state index contributed by atoms with van der Waals surface area (Å²) in [6, 6.07) is 6.22. The number of carbonyl (C=O) groups excluding carboxylic acids is 1. The first kappa shape index (κ1) is 15.3. The molecule has 0 atom stereocenters. The van der Waals surface area contributed by atoms with Crippen molar-refractivity contribution in [3.63, 3.8) is 0 Å². The van der Waals surface area contributed by atoms with E-state index in [1.165, 1.54) is 31.4 Å². The molecule has 0 saturated carbocycles. The van der Waals surface area contributed by atoms with Gasteiger partial charge in [0.25, 0.3) is 5.69 Å². The Bertz CT molecular complexity index is 497. The highest BCUT2D eigenvalue weighted by Gasteiger charge is 2.14. The minimum Gasteiger partial charge on any atom is -0.376 e. The van der Waals surface area contributed by atoms with Crippen LogP contribution in [0.2, 0.25) is 0 Å². The van der Waals surface area contributed by atoms with E-state index in [-0.39, 0.29) is 18.1 Å². The topological polar surface area (TPSA) is 75.5 Å². The molecule has 1 aromatic rings. The SMILES string of the molecule is O=C(CNc1cccc([N+](=O)[O-])c1)N1CCCCCCC1. The Kier molecular flexibility index (Phi) is 5.54. The van der Waals surface area contributed by atoms with Crippen LogP contribution in [0, 0.1) is 10.1 Å². The zero-order valence-corrected chi connectivity index (χ0v) is 12.1. The summed E-state index contributed by atoms with van der Waals surface area (Å²) < 4.78 is 0. The number of hydrogen-bond donors (Lipinski definition) is 1. The molecule has 1 heterocycles. The van der Waals surface area contributed by atoms with Gasteiger partial charge in [-0.25, -0.2) is 0 Å². The molecule has 21 heavy (non-hydrogen) atoms. The summed E-state index contributed by atoms with van der Waals surface area (Å²) in [5.74, 6) is 0.0587. The van der Waals surface area contributed by atoms with Crippen LogP contribution in [0.3, 0.4) is 0 Å². The molecule has 0 aliphatic carbocycles. The average molecular weight is 291 g/mol. The van der Waals surface area contributed by atoms with Crippen LogP contribution in [0.4, 0.5) is 11.4 Å². The highest BCUT2D eigenvalue weighted by Crippen LogP contribution is 2.17. The van der Waals surface area contributed by atoms with E-state index in [1.54, 1.807) is 12.1 Å². The molecular weight excluding hydrogens is 270 g/mol. The Labute approximate surface area is 124 Å². The molecule has 1 saturated heterocycles. The van der Waals surface area contributed by atoms with Gasteiger partial charge in [0.15, 0.2) is 0 Å². The number of nitro benzene ring substituents is 1. The molecule has 1 fully saturated rings.